The Bertz CT molecular complexity index is 532. The first-order chi connectivity index (χ1) is 11.3. The Labute approximate surface area is 150 Å². The third-order valence-electron chi connectivity index (χ3n) is 3.60. The molecule has 0 saturated carbocycles. The van der Waals surface area contributed by atoms with E-state index in [2.05, 4.69) is 62.4 Å². The topological polar surface area (TPSA) is 18.5 Å². The fourth-order valence-electron chi connectivity index (χ4n) is 2.39. The van der Waals surface area contributed by atoms with Crippen LogP contribution in [0, 0.1) is 0 Å². The number of benzene rings is 2. The van der Waals surface area contributed by atoms with Crippen molar-refractivity contribution >= 4 is 28.1 Å². The summed E-state index contributed by atoms with van der Waals surface area (Å²) in [6.45, 7) is 7.31. The number of ether oxygens (including phenoxy) is 2. The molecule has 0 saturated heterocycles. The monoisotopic (exact) mass is 428 g/mol. The quantitative estimate of drug-likeness (QED) is 0.430. The number of rotatable bonds is 10. The Hall–Kier alpha value is -0.850. The molecule has 0 radical (unpaired) electrons. The van der Waals surface area contributed by atoms with E-state index in [-0.39, 0.29) is 20.9 Å². The molecule has 2 nitrogen and oxygen atoms in total. The van der Waals surface area contributed by atoms with Crippen LogP contribution in [0.1, 0.15) is 25.0 Å². The van der Waals surface area contributed by atoms with Gasteiger partial charge < -0.3 is 0 Å². The summed E-state index contributed by atoms with van der Waals surface area (Å²) < 4.78 is 14.1. The predicted octanol–water partition coefficient (Wildman–Crippen LogP) is 2.50. The van der Waals surface area contributed by atoms with Crippen LogP contribution in [0.3, 0.4) is 0 Å². The molecule has 0 bridgehead atoms. The van der Waals surface area contributed by atoms with Crippen LogP contribution in [-0.4, -0.2) is 47.4 Å². The molecular weight excluding hydrogens is 400 g/mol. The van der Waals surface area contributed by atoms with Crippen LogP contribution in [0.5, 0.6) is 0 Å². The summed E-state index contributed by atoms with van der Waals surface area (Å²) in [7, 11) is 0. The van der Waals surface area contributed by atoms with Crippen LogP contribution in [0.2, 0.25) is 0 Å². The third-order valence-corrected chi connectivity index (χ3v) is 7.13. The van der Waals surface area contributed by atoms with E-state index in [1.807, 2.05) is 0 Å². The minimum atomic E-state index is -0.379. The van der Waals surface area contributed by atoms with Gasteiger partial charge in [-0.15, -0.1) is 0 Å². The standard InChI is InChI=1S/C20H26O2Te/c1-3-21-15-13-17-9-5-7-11-19(17)23-20-12-8-6-10-18(20)14-16-22-4-2/h5-12H,3-4,13-16H2,1-2H3. The van der Waals surface area contributed by atoms with E-state index in [0.29, 0.717) is 0 Å². The normalized spacial score (nSPS) is 10.9. The van der Waals surface area contributed by atoms with Crippen molar-refractivity contribution in [2.45, 2.75) is 26.7 Å². The molecule has 2 rings (SSSR count). The molecule has 2 aromatic carbocycles. The molecule has 0 aliphatic rings. The molecule has 0 aliphatic carbocycles. The van der Waals surface area contributed by atoms with Gasteiger partial charge in [-0.2, -0.15) is 0 Å². The molecule has 2 aromatic rings. The molecule has 0 N–H and O–H groups in total. The molecule has 124 valence electrons. The van der Waals surface area contributed by atoms with Crippen molar-refractivity contribution in [3.05, 3.63) is 59.7 Å². The zero-order valence-electron chi connectivity index (χ0n) is 14.1. The van der Waals surface area contributed by atoms with E-state index in [4.69, 9.17) is 9.47 Å². The first kappa shape index (κ1) is 18.5. The van der Waals surface area contributed by atoms with E-state index < -0.39 is 0 Å². The average molecular weight is 426 g/mol. The fraction of sp³-hybridized carbons (Fsp3) is 0.400. The summed E-state index contributed by atoms with van der Waals surface area (Å²) in [5.41, 5.74) is 2.89. The van der Waals surface area contributed by atoms with Crippen LogP contribution < -0.4 is 7.22 Å². The Morgan fingerprint density at radius 3 is 1.57 bits per heavy atom. The van der Waals surface area contributed by atoms with Crippen LogP contribution in [0.25, 0.3) is 0 Å². The van der Waals surface area contributed by atoms with E-state index in [9.17, 15) is 0 Å². The SMILES string of the molecule is CCOCCc1ccccc1[Te]c1ccccc1CCOCC. The summed E-state index contributed by atoms with van der Waals surface area (Å²) in [4.78, 5) is 0. The fourth-order valence-corrected chi connectivity index (χ4v) is 5.62. The van der Waals surface area contributed by atoms with Crippen molar-refractivity contribution in [1.82, 2.24) is 0 Å². The zero-order valence-corrected chi connectivity index (χ0v) is 16.4. The van der Waals surface area contributed by atoms with Gasteiger partial charge in [-0.3, -0.25) is 0 Å². The van der Waals surface area contributed by atoms with Crippen molar-refractivity contribution in [3.8, 4) is 0 Å². The van der Waals surface area contributed by atoms with E-state index >= 15 is 0 Å². The predicted molar refractivity (Wildman–Crippen MR) is 98.3 cm³/mol. The summed E-state index contributed by atoms with van der Waals surface area (Å²) in [5, 5.41) is 0. The third kappa shape index (κ3) is 6.28. The van der Waals surface area contributed by atoms with Gasteiger partial charge in [-0.05, 0) is 0 Å². The van der Waals surface area contributed by atoms with E-state index in [0.717, 1.165) is 39.3 Å². The summed E-state index contributed by atoms with van der Waals surface area (Å²) in [6.07, 6.45) is 2.02. The summed E-state index contributed by atoms with van der Waals surface area (Å²) in [5.74, 6) is 0. The Morgan fingerprint density at radius 2 is 1.13 bits per heavy atom. The van der Waals surface area contributed by atoms with Crippen LogP contribution in [-0.2, 0) is 22.3 Å². The number of hydrogen-bond donors (Lipinski definition) is 0. The van der Waals surface area contributed by atoms with Crippen molar-refractivity contribution in [3.63, 3.8) is 0 Å². The molecule has 0 atom stereocenters. The second-order valence-corrected chi connectivity index (χ2v) is 8.30. The van der Waals surface area contributed by atoms with E-state index in [1.165, 1.54) is 18.3 Å². The molecule has 0 aliphatic heterocycles. The molecule has 23 heavy (non-hydrogen) atoms. The van der Waals surface area contributed by atoms with Gasteiger partial charge in [0.1, 0.15) is 0 Å². The maximum absolute atomic E-state index is 5.53. The van der Waals surface area contributed by atoms with Crippen molar-refractivity contribution < 1.29 is 9.47 Å². The van der Waals surface area contributed by atoms with Gasteiger partial charge >= 0.3 is 150 Å². The molecule has 0 fully saturated rings. The van der Waals surface area contributed by atoms with Gasteiger partial charge in [0.15, 0.2) is 0 Å². The molecular formula is C20H26O2Te. The summed E-state index contributed by atoms with van der Waals surface area (Å²) >= 11 is -0.379. The summed E-state index contributed by atoms with van der Waals surface area (Å²) in [6, 6.07) is 17.7. The Kier molecular flexibility index (Phi) is 8.71. The maximum atomic E-state index is 5.53. The van der Waals surface area contributed by atoms with Crippen molar-refractivity contribution in [2.75, 3.05) is 26.4 Å². The van der Waals surface area contributed by atoms with Gasteiger partial charge in [0.2, 0.25) is 0 Å². The number of hydrogen-bond acceptors (Lipinski definition) is 2. The molecule has 0 spiro atoms. The second kappa shape index (κ2) is 10.8. The van der Waals surface area contributed by atoms with Gasteiger partial charge in [-0.1, -0.05) is 0 Å². The molecule has 0 heterocycles. The molecule has 0 amide bonds. The van der Waals surface area contributed by atoms with Gasteiger partial charge in [0, 0.05) is 0 Å². The van der Waals surface area contributed by atoms with Gasteiger partial charge in [-0.25, -0.2) is 0 Å². The first-order valence-electron chi connectivity index (χ1n) is 8.34. The van der Waals surface area contributed by atoms with Crippen LogP contribution in [0.4, 0.5) is 0 Å². The van der Waals surface area contributed by atoms with Crippen LogP contribution >= 0.6 is 0 Å². The zero-order chi connectivity index (χ0) is 16.3. The van der Waals surface area contributed by atoms with Gasteiger partial charge in [0.05, 0.1) is 0 Å². The molecule has 0 aromatic heterocycles. The molecule has 3 heteroatoms. The van der Waals surface area contributed by atoms with Crippen molar-refractivity contribution in [2.24, 2.45) is 0 Å². The van der Waals surface area contributed by atoms with E-state index in [1.54, 1.807) is 0 Å². The Balaban J connectivity index is 2.09. The van der Waals surface area contributed by atoms with Crippen LogP contribution in [0.15, 0.2) is 48.5 Å². The second-order valence-electron chi connectivity index (χ2n) is 5.21. The van der Waals surface area contributed by atoms with Gasteiger partial charge in [0.25, 0.3) is 0 Å². The first-order valence-corrected chi connectivity index (χ1v) is 10.7. The van der Waals surface area contributed by atoms with Crippen molar-refractivity contribution in [1.29, 1.82) is 0 Å². The Morgan fingerprint density at radius 1 is 0.696 bits per heavy atom. The average Bonchev–Trinajstić information content (AvgIpc) is 2.58. The minimum absolute atomic E-state index is 0.379. The molecule has 0 unspecified atom stereocenters.